The van der Waals surface area contributed by atoms with E-state index in [1.165, 1.54) is 11.6 Å². The Kier molecular flexibility index (Phi) is 6.15. The zero-order valence-electron chi connectivity index (χ0n) is 13.7. The minimum atomic E-state index is -0.229. The number of hydrogen-bond donors (Lipinski definition) is 2. The first-order valence-electron chi connectivity index (χ1n) is 7.94. The fourth-order valence-electron chi connectivity index (χ4n) is 2.55. The summed E-state index contributed by atoms with van der Waals surface area (Å²) in [6, 6.07) is 12.7. The molecular weight excluding hydrogens is 291 g/mol. The summed E-state index contributed by atoms with van der Waals surface area (Å²) < 4.78 is 13.5. The molecule has 0 saturated heterocycles. The molecule has 2 aromatic rings. The molecule has 0 atom stereocenters. The molecule has 0 saturated carbocycles. The Morgan fingerprint density at radius 2 is 1.83 bits per heavy atom. The molecule has 0 aromatic heterocycles. The monoisotopic (exact) mass is 314 g/mol. The van der Waals surface area contributed by atoms with Gasteiger partial charge in [0.15, 0.2) is 0 Å². The predicted molar refractivity (Wildman–Crippen MR) is 92.2 cm³/mol. The Morgan fingerprint density at radius 1 is 1.09 bits per heavy atom. The fraction of sp³-hybridized carbons (Fsp3) is 0.316. The van der Waals surface area contributed by atoms with E-state index in [4.69, 9.17) is 0 Å². The van der Waals surface area contributed by atoms with E-state index in [1.54, 1.807) is 18.2 Å². The van der Waals surface area contributed by atoms with Gasteiger partial charge in [0, 0.05) is 12.2 Å². The van der Waals surface area contributed by atoms with Crippen molar-refractivity contribution in [2.45, 2.75) is 26.7 Å². The van der Waals surface area contributed by atoms with Crippen molar-refractivity contribution in [2.75, 3.05) is 18.4 Å². The number of halogens is 1. The maximum absolute atomic E-state index is 13.5. The van der Waals surface area contributed by atoms with Crippen LogP contribution in [0, 0.1) is 12.7 Å². The molecule has 1 amide bonds. The van der Waals surface area contributed by atoms with Crippen LogP contribution in [-0.2, 0) is 17.6 Å². The van der Waals surface area contributed by atoms with Gasteiger partial charge in [-0.1, -0.05) is 43.3 Å². The van der Waals surface area contributed by atoms with Crippen molar-refractivity contribution < 1.29 is 9.18 Å². The van der Waals surface area contributed by atoms with E-state index in [1.807, 2.05) is 19.1 Å². The summed E-state index contributed by atoms with van der Waals surface area (Å²) in [5.41, 5.74) is 3.97. The number of para-hydroxylation sites is 1. The molecule has 0 spiro atoms. The van der Waals surface area contributed by atoms with Crippen LogP contribution in [-0.4, -0.2) is 19.0 Å². The molecule has 3 nitrogen and oxygen atoms in total. The smallest absolute Gasteiger partial charge is 0.239 e. The number of aryl methyl sites for hydroxylation is 2. The van der Waals surface area contributed by atoms with Crippen molar-refractivity contribution in [1.82, 2.24) is 5.32 Å². The fourth-order valence-corrected chi connectivity index (χ4v) is 2.55. The molecule has 0 radical (unpaired) electrons. The first-order chi connectivity index (χ1) is 11.1. The van der Waals surface area contributed by atoms with Gasteiger partial charge in [0.25, 0.3) is 0 Å². The van der Waals surface area contributed by atoms with Crippen LogP contribution < -0.4 is 10.6 Å². The Balaban J connectivity index is 1.81. The van der Waals surface area contributed by atoms with E-state index >= 15 is 0 Å². The number of carbonyl (C=O) groups is 1. The Morgan fingerprint density at radius 3 is 2.57 bits per heavy atom. The van der Waals surface area contributed by atoms with Crippen LogP contribution in [0.4, 0.5) is 10.1 Å². The maximum Gasteiger partial charge on any atom is 0.239 e. The number of hydrogen-bond acceptors (Lipinski definition) is 2. The summed E-state index contributed by atoms with van der Waals surface area (Å²) >= 11 is 0. The molecule has 0 aliphatic carbocycles. The van der Waals surface area contributed by atoms with Crippen LogP contribution in [0.3, 0.4) is 0 Å². The Bertz CT molecular complexity index is 670. The van der Waals surface area contributed by atoms with E-state index in [-0.39, 0.29) is 18.3 Å². The standard InChI is InChI=1S/C19H23FN2O/c1-3-15-9-6-7-14(2)19(15)22-13-18(23)21-12-11-16-8-4-5-10-17(16)20/h4-10,22H,3,11-13H2,1-2H3,(H,21,23). The highest BCUT2D eigenvalue weighted by Gasteiger charge is 2.07. The predicted octanol–water partition coefficient (Wildman–Crippen LogP) is 3.47. The molecule has 2 rings (SSSR count). The van der Waals surface area contributed by atoms with E-state index < -0.39 is 0 Å². The maximum atomic E-state index is 13.5. The molecule has 0 aliphatic rings. The lowest BCUT2D eigenvalue weighted by molar-refractivity contribution is -0.119. The number of nitrogens with one attached hydrogen (secondary N) is 2. The second-order valence-corrected chi connectivity index (χ2v) is 5.51. The van der Waals surface area contributed by atoms with Crippen molar-refractivity contribution in [3.8, 4) is 0 Å². The minimum absolute atomic E-state index is 0.0911. The second-order valence-electron chi connectivity index (χ2n) is 5.51. The third-order valence-electron chi connectivity index (χ3n) is 3.84. The van der Waals surface area contributed by atoms with Crippen LogP contribution in [0.15, 0.2) is 42.5 Å². The summed E-state index contributed by atoms with van der Waals surface area (Å²) in [5, 5.41) is 6.02. The van der Waals surface area contributed by atoms with Gasteiger partial charge in [-0.15, -0.1) is 0 Å². The van der Waals surface area contributed by atoms with Gasteiger partial charge in [-0.25, -0.2) is 4.39 Å². The van der Waals surface area contributed by atoms with Gasteiger partial charge in [0.05, 0.1) is 6.54 Å². The van der Waals surface area contributed by atoms with E-state index in [9.17, 15) is 9.18 Å². The first-order valence-corrected chi connectivity index (χ1v) is 7.94. The average molecular weight is 314 g/mol. The van der Waals surface area contributed by atoms with Crippen LogP contribution in [0.2, 0.25) is 0 Å². The molecule has 4 heteroatoms. The van der Waals surface area contributed by atoms with Gasteiger partial charge >= 0.3 is 0 Å². The molecule has 2 N–H and O–H groups in total. The van der Waals surface area contributed by atoms with Crippen LogP contribution in [0.5, 0.6) is 0 Å². The average Bonchev–Trinajstić information content (AvgIpc) is 2.55. The highest BCUT2D eigenvalue weighted by molar-refractivity contribution is 5.81. The summed E-state index contributed by atoms with van der Waals surface area (Å²) in [4.78, 5) is 11.9. The molecular formula is C19H23FN2O. The molecule has 122 valence electrons. The normalized spacial score (nSPS) is 10.4. The lowest BCUT2D eigenvalue weighted by Crippen LogP contribution is -2.31. The highest BCUT2D eigenvalue weighted by atomic mass is 19.1. The van der Waals surface area contributed by atoms with Crippen molar-refractivity contribution in [1.29, 1.82) is 0 Å². The quantitative estimate of drug-likeness (QED) is 0.821. The summed E-state index contributed by atoms with van der Waals surface area (Å²) in [6.07, 6.45) is 1.40. The topological polar surface area (TPSA) is 41.1 Å². The van der Waals surface area contributed by atoms with Gasteiger partial charge < -0.3 is 10.6 Å². The number of benzene rings is 2. The first kappa shape index (κ1) is 17.0. The zero-order valence-corrected chi connectivity index (χ0v) is 13.7. The number of anilines is 1. The lowest BCUT2D eigenvalue weighted by Gasteiger charge is -2.14. The van der Waals surface area contributed by atoms with Gasteiger partial charge in [-0.3, -0.25) is 4.79 Å². The molecule has 2 aromatic carbocycles. The van der Waals surface area contributed by atoms with Gasteiger partial charge in [-0.2, -0.15) is 0 Å². The van der Waals surface area contributed by atoms with Crippen molar-refractivity contribution in [3.05, 3.63) is 65.0 Å². The summed E-state index contributed by atoms with van der Waals surface area (Å²) in [6.45, 7) is 4.76. The lowest BCUT2D eigenvalue weighted by atomic mass is 10.1. The molecule has 0 bridgehead atoms. The van der Waals surface area contributed by atoms with Gasteiger partial charge in [0.2, 0.25) is 5.91 Å². The SMILES string of the molecule is CCc1cccc(C)c1NCC(=O)NCCc1ccccc1F. The van der Waals surface area contributed by atoms with Crippen molar-refractivity contribution in [2.24, 2.45) is 0 Å². The van der Waals surface area contributed by atoms with Gasteiger partial charge in [-0.05, 0) is 42.5 Å². The van der Waals surface area contributed by atoms with Crippen LogP contribution in [0.1, 0.15) is 23.6 Å². The molecule has 0 unspecified atom stereocenters. The largest absolute Gasteiger partial charge is 0.376 e. The second kappa shape index (κ2) is 8.32. The number of rotatable bonds is 7. The number of carbonyl (C=O) groups excluding carboxylic acids is 1. The summed E-state index contributed by atoms with van der Waals surface area (Å²) in [7, 11) is 0. The van der Waals surface area contributed by atoms with Crippen molar-refractivity contribution >= 4 is 11.6 Å². The van der Waals surface area contributed by atoms with Gasteiger partial charge in [0.1, 0.15) is 5.82 Å². The molecule has 23 heavy (non-hydrogen) atoms. The van der Waals surface area contributed by atoms with E-state index in [0.717, 1.165) is 17.7 Å². The van der Waals surface area contributed by atoms with Crippen LogP contribution in [0.25, 0.3) is 0 Å². The third-order valence-corrected chi connectivity index (χ3v) is 3.84. The van der Waals surface area contributed by atoms with Crippen molar-refractivity contribution in [3.63, 3.8) is 0 Å². The Hall–Kier alpha value is -2.36. The van der Waals surface area contributed by atoms with E-state index in [2.05, 4.69) is 23.6 Å². The minimum Gasteiger partial charge on any atom is -0.376 e. The molecule has 0 heterocycles. The zero-order chi connectivity index (χ0) is 16.7. The Labute approximate surface area is 136 Å². The summed E-state index contributed by atoms with van der Waals surface area (Å²) in [5.74, 6) is -0.320. The van der Waals surface area contributed by atoms with Crippen LogP contribution >= 0.6 is 0 Å². The number of amides is 1. The van der Waals surface area contributed by atoms with E-state index in [0.29, 0.717) is 18.5 Å². The molecule has 0 aliphatic heterocycles. The third kappa shape index (κ3) is 4.81. The highest BCUT2D eigenvalue weighted by Crippen LogP contribution is 2.20. The molecule has 0 fully saturated rings.